The Morgan fingerprint density at radius 2 is 1.86 bits per heavy atom. The average molecular weight is 451 g/mol. The Hall–Kier alpha value is -2.16. The van der Waals surface area contributed by atoms with Crippen molar-refractivity contribution in [2.24, 2.45) is 0 Å². The Balaban J connectivity index is 1.99. The fourth-order valence-electron chi connectivity index (χ4n) is 2.36. The summed E-state index contributed by atoms with van der Waals surface area (Å²) in [6.45, 7) is 2.84. The van der Waals surface area contributed by atoms with Gasteiger partial charge in [-0.15, -0.1) is 0 Å². The number of anilines is 1. The van der Waals surface area contributed by atoms with E-state index in [2.05, 4.69) is 31.1 Å². The maximum absolute atomic E-state index is 12.8. The van der Waals surface area contributed by atoms with E-state index in [-0.39, 0.29) is 6.03 Å². The molecular weight excluding hydrogens is 424 g/mol. The van der Waals surface area contributed by atoms with Gasteiger partial charge in [-0.3, -0.25) is 0 Å². The molecule has 0 aliphatic carbocycles. The summed E-state index contributed by atoms with van der Waals surface area (Å²) >= 11 is 3.44. The topological polar surface area (TPSA) is 66.9 Å². The number of carbonyl (C=O) groups excluding carboxylic acids is 1. The van der Waals surface area contributed by atoms with Crippen LogP contribution in [-0.2, 0) is 11.3 Å². The SMILES string of the molecule is COCCOc1ccc(NC(=O)N(CCN(C)C)Cc2ccc(Br)cc2)cn1. The van der Waals surface area contributed by atoms with E-state index in [1.54, 1.807) is 30.3 Å². The van der Waals surface area contributed by atoms with Gasteiger partial charge in [-0.1, -0.05) is 28.1 Å². The van der Waals surface area contributed by atoms with Crippen LogP contribution in [0.4, 0.5) is 10.5 Å². The Morgan fingerprint density at radius 1 is 1.11 bits per heavy atom. The van der Waals surface area contributed by atoms with Crippen molar-refractivity contribution in [3.05, 3.63) is 52.6 Å². The van der Waals surface area contributed by atoms with Crippen LogP contribution in [0.2, 0.25) is 0 Å². The molecule has 0 fully saturated rings. The zero-order chi connectivity index (χ0) is 20.4. The van der Waals surface area contributed by atoms with E-state index < -0.39 is 0 Å². The van der Waals surface area contributed by atoms with Crippen molar-refractivity contribution >= 4 is 27.6 Å². The normalized spacial score (nSPS) is 10.8. The van der Waals surface area contributed by atoms with Gasteiger partial charge in [0, 0.05) is 37.3 Å². The first kappa shape index (κ1) is 22.1. The number of hydrogen-bond acceptors (Lipinski definition) is 5. The first-order valence-corrected chi connectivity index (χ1v) is 9.80. The summed E-state index contributed by atoms with van der Waals surface area (Å²) in [6, 6.07) is 11.3. The van der Waals surface area contributed by atoms with Gasteiger partial charge in [0.05, 0.1) is 18.5 Å². The monoisotopic (exact) mass is 450 g/mol. The van der Waals surface area contributed by atoms with Gasteiger partial charge in [-0.25, -0.2) is 9.78 Å². The third-order valence-corrected chi connectivity index (χ3v) is 4.44. The van der Waals surface area contributed by atoms with E-state index in [0.29, 0.717) is 37.9 Å². The van der Waals surface area contributed by atoms with Crippen LogP contribution >= 0.6 is 15.9 Å². The largest absolute Gasteiger partial charge is 0.475 e. The molecule has 0 radical (unpaired) electrons. The number of urea groups is 1. The lowest BCUT2D eigenvalue weighted by Gasteiger charge is -2.25. The number of nitrogens with one attached hydrogen (secondary N) is 1. The van der Waals surface area contributed by atoms with Crippen LogP contribution in [0.25, 0.3) is 0 Å². The lowest BCUT2D eigenvalue weighted by molar-refractivity contribution is 0.144. The van der Waals surface area contributed by atoms with Crippen LogP contribution < -0.4 is 10.1 Å². The molecule has 0 saturated carbocycles. The predicted octanol–water partition coefficient (Wildman–Crippen LogP) is 3.47. The van der Waals surface area contributed by atoms with Crippen molar-refractivity contribution in [3.8, 4) is 5.88 Å². The molecule has 0 aliphatic heterocycles. The van der Waals surface area contributed by atoms with Crippen molar-refractivity contribution < 1.29 is 14.3 Å². The quantitative estimate of drug-likeness (QED) is 0.561. The molecule has 2 aromatic rings. The average Bonchev–Trinajstić information content (AvgIpc) is 2.68. The number of rotatable bonds is 10. The van der Waals surface area contributed by atoms with Crippen LogP contribution in [0, 0.1) is 0 Å². The van der Waals surface area contributed by atoms with Crippen molar-refractivity contribution in [1.29, 1.82) is 0 Å². The van der Waals surface area contributed by atoms with Gasteiger partial charge in [0.1, 0.15) is 6.61 Å². The summed E-state index contributed by atoms with van der Waals surface area (Å²) in [5.74, 6) is 0.495. The molecule has 7 nitrogen and oxygen atoms in total. The number of likely N-dealkylation sites (N-methyl/N-ethyl adjacent to an activating group) is 1. The second-order valence-electron chi connectivity index (χ2n) is 6.51. The Labute approximate surface area is 174 Å². The van der Waals surface area contributed by atoms with Crippen LogP contribution in [-0.4, -0.2) is 68.3 Å². The number of nitrogens with zero attached hydrogens (tertiary/aromatic N) is 3. The van der Waals surface area contributed by atoms with E-state index in [0.717, 1.165) is 16.6 Å². The maximum atomic E-state index is 12.8. The van der Waals surface area contributed by atoms with Crippen LogP contribution in [0.5, 0.6) is 5.88 Å². The third kappa shape index (κ3) is 7.84. The molecule has 2 amide bonds. The van der Waals surface area contributed by atoms with Gasteiger partial charge in [0.25, 0.3) is 0 Å². The van der Waals surface area contributed by atoms with Gasteiger partial charge in [0.15, 0.2) is 0 Å². The molecule has 0 aliphatic rings. The second-order valence-corrected chi connectivity index (χ2v) is 7.42. The van der Waals surface area contributed by atoms with Gasteiger partial charge >= 0.3 is 6.03 Å². The molecule has 1 aromatic carbocycles. The third-order valence-electron chi connectivity index (χ3n) is 3.92. The molecule has 8 heteroatoms. The summed E-state index contributed by atoms with van der Waals surface area (Å²) in [7, 11) is 5.59. The fraction of sp³-hybridized carbons (Fsp3) is 0.400. The number of halogens is 1. The summed E-state index contributed by atoms with van der Waals surface area (Å²) in [5.41, 5.74) is 1.69. The van der Waals surface area contributed by atoms with Crippen molar-refractivity contribution in [3.63, 3.8) is 0 Å². The Bertz CT molecular complexity index is 723. The first-order valence-electron chi connectivity index (χ1n) is 9.01. The van der Waals surface area contributed by atoms with E-state index in [1.807, 2.05) is 38.4 Å². The molecule has 0 spiro atoms. The zero-order valence-electron chi connectivity index (χ0n) is 16.5. The van der Waals surface area contributed by atoms with Gasteiger partial charge in [0.2, 0.25) is 5.88 Å². The number of aromatic nitrogens is 1. The second kappa shape index (κ2) is 11.6. The number of hydrogen-bond donors (Lipinski definition) is 1. The Morgan fingerprint density at radius 3 is 2.46 bits per heavy atom. The minimum atomic E-state index is -0.167. The van der Waals surface area contributed by atoms with E-state index in [4.69, 9.17) is 9.47 Å². The molecule has 0 saturated heterocycles. The highest BCUT2D eigenvalue weighted by molar-refractivity contribution is 9.10. The number of benzene rings is 1. The number of amides is 2. The first-order chi connectivity index (χ1) is 13.5. The summed E-state index contributed by atoms with van der Waals surface area (Å²) < 4.78 is 11.4. The molecule has 2 rings (SSSR count). The molecule has 1 N–H and O–H groups in total. The minimum Gasteiger partial charge on any atom is -0.475 e. The maximum Gasteiger partial charge on any atom is 0.322 e. The summed E-state index contributed by atoms with van der Waals surface area (Å²) in [5, 5.41) is 2.91. The highest BCUT2D eigenvalue weighted by Gasteiger charge is 2.15. The van der Waals surface area contributed by atoms with Crippen LogP contribution in [0.15, 0.2) is 47.1 Å². The molecule has 1 heterocycles. The summed E-state index contributed by atoms with van der Waals surface area (Å²) in [4.78, 5) is 20.8. The molecule has 152 valence electrons. The highest BCUT2D eigenvalue weighted by Crippen LogP contribution is 2.15. The van der Waals surface area contributed by atoms with Gasteiger partial charge in [-0.2, -0.15) is 0 Å². The molecular formula is C20H27BrN4O3. The van der Waals surface area contributed by atoms with E-state index in [1.165, 1.54) is 0 Å². The van der Waals surface area contributed by atoms with Crippen LogP contribution in [0.3, 0.4) is 0 Å². The number of pyridine rings is 1. The fourth-order valence-corrected chi connectivity index (χ4v) is 2.62. The minimum absolute atomic E-state index is 0.167. The molecule has 0 unspecified atom stereocenters. The molecule has 28 heavy (non-hydrogen) atoms. The Kier molecular flexibility index (Phi) is 9.19. The van der Waals surface area contributed by atoms with Gasteiger partial charge < -0.3 is 24.6 Å². The van der Waals surface area contributed by atoms with E-state index in [9.17, 15) is 4.79 Å². The highest BCUT2D eigenvalue weighted by atomic mass is 79.9. The van der Waals surface area contributed by atoms with Crippen molar-refractivity contribution in [2.45, 2.75) is 6.54 Å². The number of carbonyl (C=O) groups is 1. The zero-order valence-corrected chi connectivity index (χ0v) is 18.1. The molecule has 0 atom stereocenters. The van der Waals surface area contributed by atoms with E-state index >= 15 is 0 Å². The summed E-state index contributed by atoms with van der Waals surface area (Å²) in [6.07, 6.45) is 1.59. The smallest absolute Gasteiger partial charge is 0.322 e. The number of methoxy groups -OCH3 is 1. The molecule has 1 aromatic heterocycles. The molecule has 0 bridgehead atoms. The number of ether oxygens (including phenoxy) is 2. The van der Waals surface area contributed by atoms with Crippen LogP contribution in [0.1, 0.15) is 5.56 Å². The van der Waals surface area contributed by atoms with Gasteiger partial charge in [-0.05, 0) is 37.9 Å². The lowest BCUT2D eigenvalue weighted by atomic mass is 10.2. The lowest BCUT2D eigenvalue weighted by Crippen LogP contribution is -2.39. The standard InChI is InChI=1S/C20H27BrN4O3/c1-24(2)10-11-25(15-16-4-6-17(21)7-5-16)20(26)23-18-8-9-19(22-14-18)28-13-12-27-3/h4-9,14H,10-13,15H2,1-3H3,(H,23,26). The van der Waals surface area contributed by atoms with Crippen molar-refractivity contribution in [2.75, 3.05) is 52.8 Å². The predicted molar refractivity (Wildman–Crippen MR) is 114 cm³/mol. The van der Waals surface area contributed by atoms with Crippen molar-refractivity contribution in [1.82, 2.24) is 14.8 Å².